The minimum atomic E-state index is -1.24. The van der Waals surface area contributed by atoms with E-state index >= 15 is 0 Å². The molecule has 1 aromatic heterocycles. The SMILES string of the molecule is O=Cc1cnc(Sc2ccccc2)nc1C(=O)O. The Kier molecular flexibility index (Phi) is 3.69. The summed E-state index contributed by atoms with van der Waals surface area (Å²) < 4.78 is 0. The molecule has 0 spiro atoms. The van der Waals surface area contributed by atoms with Gasteiger partial charge < -0.3 is 5.11 Å². The molecule has 0 amide bonds. The number of carbonyl (C=O) groups is 2. The van der Waals surface area contributed by atoms with Crippen molar-refractivity contribution in [3.05, 3.63) is 47.8 Å². The fourth-order valence-electron chi connectivity index (χ4n) is 1.28. The molecule has 0 aliphatic rings. The molecule has 0 unspecified atom stereocenters. The fourth-order valence-corrected chi connectivity index (χ4v) is 2.02. The largest absolute Gasteiger partial charge is 0.476 e. The molecular weight excluding hydrogens is 252 g/mol. The number of carboxylic acids is 1. The van der Waals surface area contributed by atoms with Crippen LogP contribution in [0.5, 0.6) is 0 Å². The Balaban J connectivity index is 2.33. The zero-order valence-corrected chi connectivity index (χ0v) is 9.92. The highest BCUT2D eigenvalue weighted by Crippen LogP contribution is 2.24. The maximum absolute atomic E-state index is 10.9. The van der Waals surface area contributed by atoms with Crippen LogP contribution in [-0.2, 0) is 0 Å². The van der Waals surface area contributed by atoms with Crippen LogP contribution >= 0.6 is 11.8 Å². The van der Waals surface area contributed by atoms with Crippen molar-refractivity contribution in [1.29, 1.82) is 0 Å². The van der Waals surface area contributed by atoms with E-state index in [2.05, 4.69) is 9.97 Å². The van der Waals surface area contributed by atoms with Crippen LogP contribution in [0.2, 0.25) is 0 Å². The van der Waals surface area contributed by atoms with E-state index in [1.807, 2.05) is 30.3 Å². The van der Waals surface area contributed by atoms with Gasteiger partial charge in [0.05, 0.1) is 5.56 Å². The summed E-state index contributed by atoms with van der Waals surface area (Å²) >= 11 is 1.24. The molecule has 0 atom stereocenters. The molecule has 0 aliphatic carbocycles. The van der Waals surface area contributed by atoms with E-state index in [9.17, 15) is 9.59 Å². The fraction of sp³-hybridized carbons (Fsp3) is 0. The zero-order valence-electron chi connectivity index (χ0n) is 9.11. The standard InChI is InChI=1S/C12H8N2O3S/c15-7-8-6-13-12(14-10(8)11(16)17)18-9-4-2-1-3-5-9/h1-7H,(H,16,17). The Morgan fingerprint density at radius 1 is 1.28 bits per heavy atom. The number of carboxylic acid groups (broad SMARTS) is 1. The molecule has 2 aromatic rings. The molecule has 90 valence electrons. The molecule has 2 rings (SSSR count). The van der Waals surface area contributed by atoms with E-state index in [0.717, 1.165) is 4.90 Å². The summed E-state index contributed by atoms with van der Waals surface area (Å²) in [4.78, 5) is 30.3. The lowest BCUT2D eigenvalue weighted by Gasteiger charge is -2.02. The lowest BCUT2D eigenvalue weighted by Crippen LogP contribution is -2.07. The van der Waals surface area contributed by atoms with E-state index in [0.29, 0.717) is 11.4 Å². The van der Waals surface area contributed by atoms with Crippen molar-refractivity contribution in [3.8, 4) is 0 Å². The molecule has 6 heteroatoms. The number of hydrogen-bond donors (Lipinski definition) is 1. The van der Waals surface area contributed by atoms with Gasteiger partial charge in [-0.1, -0.05) is 18.2 Å². The minimum Gasteiger partial charge on any atom is -0.476 e. The van der Waals surface area contributed by atoms with Crippen LogP contribution in [0.25, 0.3) is 0 Å². The van der Waals surface area contributed by atoms with E-state index in [-0.39, 0.29) is 11.3 Å². The maximum atomic E-state index is 10.9. The molecule has 0 saturated carbocycles. The third-order valence-electron chi connectivity index (χ3n) is 2.08. The number of hydrogen-bond acceptors (Lipinski definition) is 5. The Labute approximate surface area is 107 Å². The van der Waals surface area contributed by atoms with Crippen molar-refractivity contribution in [3.63, 3.8) is 0 Å². The van der Waals surface area contributed by atoms with Crippen molar-refractivity contribution in [2.45, 2.75) is 10.1 Å². The molecule has 0 radical (unpaired) electrons. The Morgan fingerprint density at radius 2 is 2.00 bits per heavy atom. The molecule has 0 fully saturated rings. The van der Waals surface area contributed by atoms with Gasteiger partial charge in [-0.25, -0.2) is 14.8 Å². The second kappa shape index (κ2) is 5.42. The van der Waals surface area contributed by atoms with Crippen LogP contribution in [0.15, 0.2) is 46.6 Å². The van der Waals surface area contributed by atoms with Crippen LogP contribution < -0.4 is 0 Å². The topological polar surface area (TPSA) is 80.2 Å². The number of aldehydes is 1. The van der Waals surface area contributed by atoms with Crippen LogP contribution in [0, 0.1) is 0 Å². The molecule has 1 heterocycles. The molecular formula is C12H8N2O3S. The van der Waals surface area contributed by atoms with Crippen LogP contribution in [-0.4, -0.2) is 27.3 Å². The molecule has 0 aliphatic heterocycles. The number of nitrogens with zero attached hydrogens (tertiary/aromatic N) is 2. The van der Waals surface area contributed by atoms with E-state index in [1.54, 1.807) is 0 Å². The summed E-state index contributed by atoms with van der Waals surface area (Å²) in [7, 11) is 0. The highest BCUT2D eigenvalue weighted by Gasteiger charge is 2.13. The van der Waals surface area contributed by atoms with Crippen LogP contribution in [0.4, 0.5) is 0 Å². The third kappa shape index (κ3) is 2.72. The van der Waals surface area contributed by atoms with Crippen LogP contribution in [0.1, 0.15) is 20.8 Å². The summed E-state index contributed by atoms with van der Waals surface area (Å²) in [6, 6.07) is 9.33. The number of rotatable bonds is 4. The lowest BCUT2D eigenvalue weighted by molar-refractivity contribution is 0.0686. The molecule has 5 nitrogen and oxygen atoms in total. The van der Waals surface area contributed by atoms with E-state index in [4.69, 9.17) is 5.11 Å². The molecule has 0 saturated heterocycles. The van der Waals surface area contributed by atoms with Gasteiger partial charge in [0.1, 0.15) is 0 Å². The van der Waals surface area contributed by atoms with Crippen molar-refractivity contribution < 1.29 is 14.7 Å². The normalized spacial score (nSPS) is 10.0. The highest BCUT2D eigenvalue weighted by molar-refractivity contribution is 7.99. The van der Waals surface area contributed by atoms with E-state index < -0.39 is 5.97 Å². The lowest BCUT2D eigenvalue weighted by atomic mass is 10.2. The van der Waals surface area contributed by atoms with Crippen molar-refractivity contribution in [2.24, 2.45) is 0 Å². The second-order valence-corrected chi connectivity index (χ2v) is 4.34. The average molecular weight is 260 g/mol. The Hall–Kier alpha value is -2.21. The average Bonchev–Trinajstić information content (AvgIpc) is 2.40. The van der Waals surface area contributed by atoms with Gasteiger partial charge in [0.25, 0.3) is 0 Å². The smallest absolute Gasteiger partial charge is 0.355 e. The van der Waals surface area contributed by atoms with Gasteiger partial charge in [0.2, 0.25) is 0 Å². The first-order valence-electron chi connectivity index (χ1n) is 4.99. The van der Waals surface area contributed by atoms with Crippen LogP contribution in [0.3, 0.4) is 0 Å². The van der Waals surface area contributed by atoms with Gasteiger partial charge in [-0.2, -0.15) is 0 Å². The first-order chi connectivity index (χ1) is 8.70. The molecule has 18 heavy (non-hydrogen) atoms. The van der Waals surface area contributed by atoms with Crippen molar-refractivity contribution >= 4 is 24.0 Å². The van der Waals surface area contributed by atoms with Gasteiger partial charge in [0.15, 0.2) is 17.1 Å². The Bertz CT molecular complexity index is 587. The monoisotopic (exact) mass is 260 g/mol. The summed E-state index contributed by atoms with van der Waals surface area (Å²) in [5.41, 5.74) is -0.307. The zero-order chi connectivity index (χ0) is 13.0. The summed E-state index contributed by atoms with van der Waals surface area (Å²) in [6.45, 7) is 0. The first kappa shape index (κ1) is 12.3. The molecule has 1 N–H and O–H groups in total. The van der Waals surface area contributed by atoms with Crippen molar-refractivity contribution in [2.75, 3.05) is 0 Å². The number of benzene rings is 1. The molecule has 0 bridgehead atoms. The van der Waals surface area contributed by atoms with Gasteiger partial charge in [-0.3, -0.25) is 4.79 Å². The predicted molar refractivity (Wildman–Crippen MR) is 64.9 cm³/mol. The van der Waals surface area contributed by atoms with Crippen molar-refractivity contribution in [1.82, 2.24) is 9.97 Å². The van der Waals surface area contributed by atoms with Gasteiger partial charge in [0, 0.05) is 11.1 Å². The summed E-state index contributed by atoms with van der Waals surface area (Å²) in [6.07, 6.45) is 1.65. The summed E-state index contributed by atoms with van der Waals surface area (Å²) in [5, 5.41) is 9.22. The Morgan fingerprint density at radius 3 is 2.61 bits per heavy atom. The minimum absolute atomic E-state index is 0.0279. The summed E-state index contributed by atoms with van der Waals surface area (Å²) in [5.74, 6) is -1.24. The van der Waals surface area contributed by atoms with Gasteiger partial charge >= 0.3 is 5.97 Å². The van der Waals surface area contributed by atoms with Gasteiger partial charge in [-0.15, -0.1) is 0 Å². The molecule has 1 aromatic carbocycles. The number of aromatic carboxylic acids is 1. The predicted octanol–water partition coefficient (Wildman–Crippen LogP) is 2.14. The second-order valence-electron chi connectivity index (χ2n) is 3.29. The van der Waals surface area contributed by atoms with Gasteiger partial charge in [-0.05, 0) is 23.9 Å². The number of carbonyl (C=O) groups excluding carboxylic acids is 1. The number of aromatic nitrogens is 2. The quantitative estimate of drug-likeness (QED) is 0.670. The highest BCUT2D eigenvalue weighted by atomic mass is 32.2. The third-order valence-corrected chi connectivity index (χ3v) is 2.96. The first-order valence-corrected chi connectivity index (χ1v) is 5.81. The maximum Gasteiger partial charge on any atom is 0.355 e. The van der Waals surface area contributed by atoms with E-state index in [1.165, 1.54) is 18.0 Å².